The van der Waals surface area contributed by atoms with Crippen LogP contribution >= 0.6 is 12.2 Å². The van der Waals surface area contributed by atoms with Crippen LogP contribution in [0, 0.1) is 5.92 Å². The molecule has 1 saturated heterocycles. The number of carbonyl (C=O) groups excluding carboxylic acids is 2. The lowest BCUT2D eigenvalue weighted by atomic mass is 9.98. The van der Waals surface area contributed by atoms with Crippen LogP contribution in [0.3, 0.4) is 0 Å². The molecule has 0 aromatic heterocycles. The number of rotatable bonds is 6. The summed E-state index contributed by atoms with van der Waals surface area (Å²) >= 11 is 5.20. The summed E-state index contributed by atoms with van der Waals surface area (Å²) in [6.07, 6.45) is 5.56. The Balaban J connectivity index is 1.89. The minimum absolute atomic E-state index is 0.0510. The van der Waals surface area contributed by atoms with E-state index in [0.717, 1.165) is 45.2 Å². The lowest BCUT2D eigenvalue weighted by Gasteiger charge is -2.30. The Hall–Kier alpha value is -1.95. The summed E-state index contributed by atoms with van der Waals surface area (Å²) in [4.78, 5) is 26.4. The number of nitrogens with one attached hydrogen (secondary N) is 2. The maximum atomic E-state index is 12.7. The summed E-state index contributed by atoms with van der Waals surface area (Å²) in [5.41, 5.74) is 1.35. The molecule has 0 radical (unpaired) electrons. The van der Waals surface area contributed by atoms with Crippen molar-refractivity contribution in [2.75, 3.05) is 18.4 Å². The second-order valence-corrected chi connectivity index (χ2v) is 7.42. The molecule has 0 unspecified atom stereocenters. The molecule has 0 spiro atoms. The Morgan fingerprint density at radius 2 is 1.96 bits per heavy atom. The maximum absolute atomic E-state index is 12.7. The third kappa shape index (κ3) is 6.41. The second-order valence-electron chi connectivity index (χ2n) is 7.01. The molecule has 0 bridgehead atoms. The van der Waals surface area contributed by atoms with Gasteiger partial charge in [0, 0.05) is 30.8 Å². The predicted molar refractivity (Wildman–Crippen MR) is 109 cm³/mol. The zero-order valence-corrected chi connectivity index (χ0v) is 16.5. The zero-order valence-electron chi connectivity index (χ0n) is 15.7. The van der Waals surface area contributed by atoms with Gasteiger partial charge in [-0.25, -0.2) is 0 Å². The van der Waals surface area contributed by atoms with Gasteiger partial charge in [0.2, 0.25) is 5.91 Å². The number of carbonyl (C=O) groups is 2. The van der Waals surface area contributed by atoms with Crippen molar-refractivity contribution < 1.29 is 9.59 Å². The number of benzene rings is 1. The van der Waals surface area contributed by atoms with Gasteiger partial charge >= 0.3 is 0 Å². The fourth-order valence-corrected chi connectivity index (χ4v) is 3.24. The summed E-state index contributed by atoms with van der Waals surface area (Å²) in [6.45, 7) is 5.94. The molecule has 2 N–H and O–H groups in total. The number of unbranched alkanes of at least 4 members (excludes halogenated alkanes) is 2. The molecule has 0 aliphatic carbocycles. The molecule has 2 rings (SSSR count). The van der Waals surface area contributed by atoms with Gasteiger partial charge in [-0.3, -0.25) is 9.59 Å². The molecule has 5 nitrogen and oxygen atoms in total. The summed E-state index contributed by atoms with van der Waals surface area (Å²) in [6, 6.07) is 7.27. The number of nitrogens with zero attached hydrogens (tertiary/aromatic N) is 1. The molecular formula is C20H29N3O2S. The van der Waals surface area contributed by atoms with Crippen LogP contribution in [-0.4, -0.2) is 34.9 Å². The Kier molecular flexibility index (Phi) is 8.04. The highest BCUT2D eigenvalue weighted by molar-refractivity contribution is 7.80. The Labute approximate surface area is 161 Å². The average Bonchev–Trinajstić information content (AvgIpc) is 2.62. The molecule has 1 heterocycles. The lowest BCUT2D eigenvalue weighted by Crippen LogP contribution is -2.38. The topological polar surface area (TPSA) is 61.4 Å². The van der Waals surface area contributed by atoms with E-state index in [-0.39, 0.29) is 16.9 Å². The van der Waals surface area contributed by atoms with Gasteiger partial charge in [-0.15, -0.1) is 0 Å². The third-order valence-electron chi connectivity index (χ3n) is 4.70. The van der Waals surface area contributed by atoms with Crippen LogP contribution in [0.2, 0.25) is 0 Å². The normalized spacial score (nSPS) is 14.8. The van der Waals surface area contributed by atoms with Gasteiger partial charge in [-0.1, -0.05) is 32.8 Å². The Bertz CT molecular complexity index is 640. The fraction of sp³-hybridized carbons (Fsp3) is 0.550. The first-order valence-electron chi connectivity index (χ1n) is 9.49. The molecule has 1 aromatic carbocycles. The number of piperidine rings is 1. The van der Waals surface area contributed by atoms with E-state index in [0.29, 0.717) is 23.6 Å². The van der Waals surface area contributed by atoms with Gasteiger partial charge in [0.05, 0.1) is 0 Å². The van der Waals surface area contributed by atoms with Gasteiger partial charge in [0.1, 0.15) is 0 Å². The SMILES string of the molecule is CCCCCC(=O)NC(=S)Nc1cccc(C(=O)N2CCC(C)CC2)c1. The highest BCUT2D eigenvalue weighted by atomic mass is 32.1. The van der Waals surface area contributed by atoms with Crippen molar-refractivity contribution in [1.82, 2.24) is 10.2 Å². The standard InChI is InChI=1S/C20H29N3O2S/c1-3-4-5-9-18(24)22-20(26)21-17-8-6-7-16(14-17)19(25)23-12-10-15(2)11-13-23/h6-8,14-15H,3-5,9-13H2,1-2H3,(H2,21,22,24,26). The average molecular weight is 376 g/mol. The van der Waals surface area contributed by atoms with Crippen LogP contribution in [0.1, 0.15) is 62.7 Å². The first-order valence-corrected chi connectivity index (χ1v) is 9.90. The van der Waals surface area contributed by atoms with E-state index in [2.05, 4.69) is 24.5 Å². The summed E-state index contributed by atoms with van der Waals surface area (Å²) in [7, 11) is 0. The van der Waals surface area contributed by atoms with Crippen LogP contribution < -0.4 is 10.6 Å². The smallest absolute Gasteiger partial charge is 0.253 e. The maximum Gasteiger partial charge on any atom is 0.253 e. The van der Waals surface area contributed by atoms with Gasteiger partial charge in [0.15, 0.2) is 5.11 Å². The molecule has 6 heteroatoms. The summed E-state index contributed by atoms with van der Waals surface area (Å²) in [5.74, 6) is 0.658. The van der Waals surface area contributed by atoms with Gasteiger partial charge in [0.25, 0.3) is 5.91 Å². The third-order valence-corrected chi connectivity index (χ3v) is 4.90. The zero-order chi connectivity index (χ0) is 18.9. The van der Waals surface area contributed by atoms with E-state index >= 15 is 0 Å². The number of amides is 2. The van der Waals surface area contributed by atoms with Crippen molar-refractivity contribution in [1.29, 1.82) is 0 Å². The van der Waals surface area contributed by atoms with Crippen molar-refractivity contribution in [3.8, 4) is 0 Å². The second kappa shape index (κ2) is 10.3. The minimum atomic E-state index is -0.0781. The molecular weight excluding hydrogens is 346 g/mol. The Morgan fingerprint density at radius 1 is 1.23 bits per heavy atom. The van der Waals surface area contributed by atoms with E-state index < -0.39 is 0 Å². The molecule has 26 heavy (non-hydrogen) atoms. The minimum Gasteiger partial charge on any atom is -0.339 e. The van der Waals surface area contributed by atoms with Crippen molar-refractivity contribution in [3.05, 3.63) is 29.8 Å². The van der Waals surface area contributed by atoms with Gasteiger partial charge in [-0.05, 0) is 55.6 Å². The van der Waals surface area contributed by atoms with Crippen LogP contribution in [0.5, 0.6) is 0 Å². The molecule has 1 fully saturated rings. The monoisotopic (exact) mass is 375 g/mol. The fourth-order valence-electron chi connectivity index (χ4n) is 3.01. The number of hydrogen-bond donors (Lipinski definition) is 2. The molecule has 0 atom stereocenters. The molecule has 1 aromatic rings. The summed E-state index contributed by atoms with van der Waals surface area (Å²) < 4.78 is 0. The van der Waals surface area contributed by atoms with Crippen LogP contribution in [-0.2, 0) is 4.79 Å². The van der Waals surface area contributed by atoms with Crippen molar-refractivity contribution >= 4 is 34.8 Å². The molecule has 0 saturated carbocycles. The summed E-state index contributed by atoms with van der Waals surface area (Å²) in [5, 5.41) is 5.95. The number of likely N-dealkylation sites (tertiary alicyclic amines) is 1. The van der Waals surface area contributed by atoms with Crippen LogP contribution in [0.4, 0.5) is 5.69 Å². The van der Waals surface area contributed by atoms with Crippen molar-refractivity contribution in [2.45, 2.75) is 52.4 Å². The lowest BCUT2D eigenvalue weighted by molar-refractivity contribution is -0.119. The predicted octanol–water partition coefficient (Wildman–Crippen LogP) is 3.95. The molecule has 142 valence electrons. The number of hydrogen-bond acceptors (Lipinski definition) is 3. The van der Waals surface area contributed by atoms with E-state index in [1.165, 1.54) is 0 Å². The van der Waals surface area contributed by atoms with Crippen LogP contribution in [0.25, 0.3) is 0 Å². The quantitative estimate of drug-likeness (QED) is 0.584. The Morgan fingerprint density at radius 3 is 2.65 bits per heavy atom. The van der Waals surface area contributed by atoms with Gasteiger partial charge < -0.3 is 15.5 Å². The highest BCUT2D eigenvalue weighted by Crippen LogP contribution is 2.19. The number of thiocarbonyl (C=S) groups is 1. The molecule has 1 aliphatic rings. The number of anilines is 1. The first kappa shape index (κ1) is 20.4. The van der Waals surface area contributed by atoms with Crippen LogP contribution in [0.15, 0.2) is 24.3 Å². The molecule has 2 amide bonds. The van der Waals surface area contributed by atoms with E-state index in [9.17, 15) is 9.59 Å². The van der Waals surface area contributed by atoms with E-state index in [1.54, 1.807) is 6.07 Å². The first-order chi connectivity index (χ1) is 12.5. The van der Waals surface area contributed by atoms with E-state index in [1.807, 2.05) is 23.1 Å². The molecule has 1 aliphatic heterocycles. The largest absolute Gasteiger partial charge is 0.339 e. The van der Waals surface area contributed by atoms with Crippen molar-refractivity contribution in [2.24, 2.45) is 5.92 Å². The van der Waals surface area contributed by atoms with Gasteiger partial charge in [-0.2, -0.15) is 0 Å². The highest BCUT2D eigenvalue weighted by Gasteiger charge is 2.21. The van der Waals surface area contributed by atoms with E-state index in [4.69, 9.17) is 12.2 Å². The van der Waals surface area contributed by atoms with Crippen molar-refractivity contribution in [3.63, 3.8) is 0 Å².